The van der Waals surface area contributed by atoms with Crippen LogP contribution in [0.25, 0.3) is 0 Å². The van der Waals surface area contributed by atoms with Gasteiger partial charge in [0.1, 0.15) is 5.82 Å². The average molecular weight is 299 g/mol. The first-order chi connectivity index (χ1) is 9.60. The highest BCUT2D eigenvalue weighted by atomic mass is 19.1. The van der Waals surface area contributed by atoms with Crippen LogP contribution in [0.1, 0.15) is 37.6 Å². The lowest BCUT2D eigenvalue weighted by Gasteiger charge is -2.20. The SMILES string of the molecule is CC(C)(C)NC(=O)CCNC(=O)c1cc(F)cc(N)c1F. The molecule has 0 heterocycles. The molecular weight excluding hydrogens is 280 g/mol. The number of nitrogens with two attached hydrogens (primary N) is 1. The van der Waals surface area contributed by atoms with E-state index in [9.17, 15) is 18.4 Å². The van der Waals surface area contributed by atoms with Gasteiger partial charge < -0.3 is 16.4 Å². The summed E-state index contributed by atoms with van der Waals surface area (Å²) < 4.78 is 26.7. The van der Waals surface area contributed by atoms with Crippen molar-refractivity contribution in [3.05, 3.63) is 29.3 Å². The van der Waals surface area contributed by atoms with Crippen molar-refractivity contribution in [3.63, 3.8) is 0 Å². The summed E-state index contributed by atoms with van der Waals surface area (Å²) in [6.45, 7) is 5.49. The lowest BCUT2D eigenvalue weighted by molar-refractivity contribution is -0.122. The highest BCUT2D eigenvalue weighted by molar-refractivity contribution is 5.95. The molecule has 0 saturated heterocycles. The van der Waals surface area contributed by atoms with Crippen LogP contribution < -0.4 is 16.4 Å². The van der Waals surface area contributed by atoms with Crippen molar-refractivity contribution < 1.29 is 18.4 Å². The van der Waals surface area contributed by atoms with E-state index in [2.05, 4.69) is 10.6 Å². The number of hydrogen-bond acceptors (Lipinski definition) is 3. The molecule has 5 nitrogen and oxygen atoms in total. The molecule has 0 fully saturated rings. The standard InChI is InChI=1S/C14H19F2N3O2/c1-14(2,3)19-11(20)4-5-18-13(21)9-6-8(15)7-10(17)12(9)16/h6-7H,4-5,17H2,1-3H3,(H,18,21)(H,19,20). The fourth-order valence-corrected chi connectivity index (χ4v) is 1.64. The first kappa shape index (κ1) is 16.9. The van der Waals surface area contributed by atoms with Crippen LogP contribution in [0.4, 0.5) is 14.5 Å². The Kier molecular flexibility index (Phi) is 5.23. The number of carbonyl (C=O) groups excluding carboxylic acids is 2. The summed E-state index contributed by atoms with van der Waals surface area (Å²) in [7, 11) is 0. The number of hydrogen-bond donors (Lipinski definition) is 3. The summed E-state index contributed by atoms with van der Waals surface area (Å²) in [6.07, 6.45) is 0.0371. The molecule has 4 N–H and O–H groups in total. The fourth-order valence-electron chi connectivity index (χ4n) is 1.64. The lowest BCUT2D eigenvalue weighted by atomic mass is 10.1. The number of halogens is 2. The van der Waals surface area contributed by atoms with Gasteiger partial charge in [-0.3, -0.25) is 9.59 Å². The van der Waals surface area contributed by atoms with Gasteiger partial charge in [-0.15, -0.1) is 0 Å². The molecule has 2 amide bonds. The second-order valence-electron chi connectivity index (χ2n) is 5.66. The molecule has 0 bridgehead atoms. The molecule has 7 heteroatoms. The van der Waals surface area contributed by atoms with E-state index >= 15 is 0 Å². The van der Waals surface area contributed by atoms with Gasteiger partial charge in [0.25, 0.3) is 5.91 Å². The maximum absolute atomic E-state index is 13.6. The Morgan fingerprint density at radius 2 is 1.86 bits per heavy atom. The molecule has 116 valence electrons. The Morgan fingerprint density at radius 3 is 2.43 bits per heavy atom. The molecule has 0 unspecified atom stereocenters. The van der Waals surface area contributed by atoms with Gasteiger partial charge >= 0.3 is 0 Å². The first-order valence-corrected chi connectivity index (χ1v) is 6.44. The smallest absolute Gasteiger partial charge is 0.254 e. The minimum absolute atomic E-state index is 0.0105. The predicted molar refractivity (Wildman–Crippen MR) is 75.6 cm³/mol. The molecule has 0 radical (unpaired) electrons. The third-order valence-corrected chi connectivity index (χ3v) is 2.46. The zero-order valence-corrected chi connectivity index (χ0v) is 12.2. The largest absolute Gasteiger partial charge is 0.396 e. The summed E-state index contributed by atoms with van der Waals surface area (Å²) >= 11 is 0. The summed E-state index contributed by atoms with van der Waals surface area (Å²) in [4.78, 5) is 23.3. The van der Waals surface area contributed by atoms with E-state index in [1.165, 1.54) is 0 Å². The number of nitrogens with one attached hydrogen (secondary N) is 2. The number of anilines is 1. The Morgan fingerprint density at radius 1 is 1.24 bits per heavy atom. The Labute approximate surface area is 121 Å². The second kappa shape index (κ2) is 6.51. The highest BCUT2D eigenvalue weighted by Crippen LogP contribution is 2.17. The van der Waals surface area contributed by atoms with Crippen molar-refractivity contribution in [2.75, 3.05) is 12.3 Å². The Balaban J connectivity index is 2.58. The molecule has 21 heavy (non-hydrogen) atoms. The van der Waals surface area contributed by atoms with Gasteiger partial charge in [-0.2, -0.15) is 0 Å². The normalized spacial score (nSPS) is 11.1. The summed E-state index contributed by atoms with van der Waals surface area (Å²) in [5.41, 5.74) is 3.95. The van der Waals surface area contributed by atoms with Crippen molar-refractivity contribution in [1.82, 2.24) is 10.6 Å². The van der Waals surface area contributed by atoms with Crippen LogP contribution >= 0.6 is 0 Å². The predicted octanol–water partition coefficient (Wildman–Crippen LogP) is 1.58. The quantitative estimate of drug-likeness (QED) is 0.738. The third kappa shape index (κ3) is 5.37. The highest BCUT2D eigenvalue weighted by Gasteiger charge is 2.17. The van der Waals surface area contributed by atoms with E-state index in [0.717, 1.165) is 12.1 Å². The number of nitrogen functional groups attached to an aromatic ring is 1. The molecule has 0 aliphatic carbocycles. The van der Waals surface area contributed by atoms with Crippen molar-refractivity contribution in [2.45, 2.75) is 32.7 Å². The monoisotopic (exact) mass is 299 g/mol. The van der Waals surface area contributed by atoms with E-state index < -0.39 is 28.8 Å². The van der Waals surface area contributed by atoms with E-state index in [1.807, 2.05) is 20.8 Å². The van der Waals surface area contributed by atoms with Crippen LogP contribution in [0.3, 0.4) is 0 Å². The van der Waals surface area contributed by atoms with Gasteiger partial charge in [-0.05, 0) is 32.9 Å². The summed E-state index contributed by atoms with van der Waals surface area (Å²) in [5, 5.41) is 5.07. The van der Waals surface area contributed by atoms with Gasteiger partial charge in [0.2, 0.25) is 5.91 Å². The van der Waals surface area contributed by atoms with Crippen molar-refractivity contribution in [2.24, 2.45) is 0 Å². The molecule has 0 saturated carbocycles. The minimum atomic E-state index is -0.979. The molecule has 0 aliphatic rings. The van der Waals surface area contributed by atoms with Gasteiger partial charge in [-0.25, -0.2) is 8.78 Å². The number of carbonyl (C=O) groups is 2. The van der Waals surface area contributed by atoms with Crippen molar-refractivity contribution >= 4 is 17.5 Å². The van der Waals surface area contributed by atoms with E-state index in [1.54, 1.807) is 0 Å². The van der Waals surface area contributed by atoms with Gasteiger partial charge in [0, 0.05) is 18.5 Å². The molecule has 0 aromatic heterocycles. The van der Waals surface area contributed by atoms with Crippen molar-refractivity contribution in [1.29, 1.82) is 0 Å². The molecular formula is C14H19F2N3O2. The Hall–Kier alpha value is -2.18. The molecule has 0 aliphatic heterocycles. The number of amides is 2. The van der Waals surface area contributed by atoms with Gasteiger partial charge in [0.05, 0.1) is 11.3 Å². The summed E-state index contributed by atoms with van der Waals surface area (Å²) in [5.74, 6) is -2.85. The molecule has 0 spiro atoms. The van der Waals surface area contributed by atoms with Crippen LogP contribution in [0.5, 0.6) is 0 Å². The van der Waals surface area contributed by atoms with Gasteiger partial charge in [-0.1, -0.05) is 0 Å². The number of rotatable bonds is 4. The summed E-state index contributed by atoms with van der Waals surface area (Å²) in [6, 6.07) is 1.55. The number of benzene rings is 1. The van der Waals surface area contributed by atoms with Crippen LogP contribution in [0, 0.1) is 11.6 Å². The van der Waals surface area contributed by atoms with E-state index in [4.69, 9.17) is 5.73 Å². The van der Waals surface area contributed by atoms with Crippen LogP contribution in [-0.2, 0) is 4.79 Å². The maximum atomic E-state index is 13.6. The van der Waals surface area contributed by atoms with Crippen LogP contribution in [0.2, 0.25) is 0 Å². The topological polar surface area (TPSA) is 84.2 Å². The van der Waals surface area contributed by atoms with E-state index in [0.29, 0.717) is 0 Å². The van der Waals surface area contributed by atoms with E-state index in [-0.39, 0.29) is 24.4 Å². The average Bonchev–Trinajstić information content (AvgIpc) is 2.31. The first-order valence-electron chi connectivity index (χ1n) is 6.44. The van der Waals surface area contributed by atoms with Gasteiger partial charge in [0.15, 0.2) is 5.82 Å². The fraction of sp³-hybridized carbons (Fsp3) is 0.429. The van der Waals surface area contributed by atoms with Crippen molar-refractivity contribution in [3.8, 4) is 0 Å². The van der Waals surface area contributed by atoms with Crippen LogP contribution in [0.15, 0.2) is 12.1 Å². The zero-order valence-electron chi connectivity index (χ0n) is 12.2. The minimum Gasteiger partial charge on any atom is -0.396 e. The zero-order chi connectivity index (χ0) is 16.2. The second-order valence-corrected chi connectivity index (χ2v) is 5.66. The maximum Gasteiger partial charge on any atom is 0.254 e. The van der Waals surface area contributed by atoms with Crippen LogP contribution in [-0.4, -0.2) is 23.9 Å². The third-order valence-electron chi connectivity index (χ3n) is 2.46. The Bertz CT molecular complexity index is 554. The molecule has 0 atom stereocenters. The molecule has 1 rings (SSSR count). The lowest BCUT2D eigenvalue weighted by Crippen LogP contribution is -2.42. The molecule has 1 aromatic carbocycles. The molecule has 1 aromatic rings.